The van der Waals surface area contributed by atoms with Gasteiger partial charge in [-0.1, -0.05) is 30.3 Å². The number of primary amides is 1. The molecule has 6 nitrogen and oxygen atoms in total. The van der Waals surface area contributed by atoms with Crippen molar-refractivity contribution in [1.82, 2.24) is 14.9 Å². The fraction of sp³-hybridized carbons (Fsp3) is 0.150. The summed E-state index contributed by atoms with van der Waals surface area (Å²) in [6, 6.07) is 16.7. The lowest BCUT2D eigenvalue weighted by Crippen LogP contribution is -2.27. The lowest BCUT2D eigenvalue weighted by Gasteiger charge is -2.11. The van der Waals surface area contributed by atoms with Crippen molar-refractivity contribution in [2.45, 2.75) is 13.3 Å². The van der Waals surface area contributed by atoms with Crippen molar-refractivity contribution in [1.29, 1.82) is 0 Å². The molecular weight excluding hydrogens is 328 g/mol. The molecule has 0 radical (unpaired) electrons. The Morgan fingerprint density at radius 2 is 1.88 bits per heavy atom. The molecule has 1 heterocycles. The second-order valence-electron chi connectivity index (χ2n) is 5.93. The molecule has 0 atom stereocenters. The minimum Gasteiger partial charge on any atom is -0.366 e. The molecule has 6 heteroatoms. The first-order valence-electron chi connectivity index (χ1n) is 8.33. The number of imidazole rings is 1. The summed E-state index contributed by atoms with van der Waals surface area (Å²) in [5.74, 6) is 0.0918. The third kappa shape index (κ3) is 3.80. The molecule has 0 saturated heterocycles. The van der Waals surface area contributed by atoms with E-state index in [1.54, 1.807) is 24.4 Å². The number of nitrogens with two attached hydrogens (primary N) is 1. The summed E-state index contributed by atoms with van der Waals surface area (Å²) >= 11 is 0. The average Bonchev–Trinajstić information content (AvgIpc) is 3.04. The van der Waals surface area contributed by atoms with Gasteiger partial charge in [-0.2, -0.15) is 0 Å². The van der Waals surface area contributed by atoms with Gasteiger partial charge in [-0.05, 0) is 43.2 Å². The summed E-state index contributed by atoms with van der Waals surface area (Å²) < 4.78 is 1.82. The normalized spacial score (nSPS) is 10.5. The molecule has 132 valence electrons. The van der Waals surface area contributed by atoms with Crippen molar-refractivity contribution >= 4 is 11.8 Å². The molecule has 0 spiro atoms. The number of nitrogens with one attached hydrogen (secondary N) is 1. The summed E-state index contributed by atoms with van der Waals surface area (Å²) in [5, 5.41) is 2.90. The zero-order valence-electron chi connectivity index (χ0n) is 14.5. The van der Waals surface area contributed by atoms with Crippen LogP contribution in [0, 0.1) is 6.92 Å². The highest BCUT2D eigenvalue weighted by Gasteiger charge is 2.15. The largest absolute Gasteiger partial charge is 0.366 e. The lowest BCUT2D eigenvalue weighted by atomic mass is 10.1. The summed E-state index contributed by atoms with van der Waals surface area (Å²) in [6.45, 7) is 2.30. The Labute approximate surface area is 151 Å². The van der Waals surface area contributed by atoms with E-state index in [2.05, 4.69) is 10.3 Å². The first kappa shape index (κ1) is 17.4. The number of hydrogen-bond donors (Lipinski definition) is 2. The van der Waals surface area contributed by atoms with E-state index in [0.29, 0.717) is 24.2 Å². The average molecular weight is 348 g/mol. The van der Waals surface area contributed by atoms with Gasteiger partial charge in [0.2, 0.25) is 5.91 Å². The third-order valence-corrected chi connectivity index (χ3v) is 4.10. The van der Waals surface area contributed by atoms with Crippen LogP contribution in [0.2, 0.25) is 0 Å². The van der Waals surface area contributed by atoms with Crippen LogP contribution in [0.5, 0.6) is 0 Å². The van der Waals surface area contributed by atoms with Crippen LogP contribution in [0.25, 0.3) is 5.69 Å². The molecule has 3 aromatic rings. The van der Waals surface area contributed by atoms with Crippen molar-refractivity contribution in [2.24, 2.45) is 5.73 Å². The van der Waals surface area contributed by atoms with E-state index in [9.17, 15) is 9.59 Å². The molecule has 2 aromatic carbocycles. The molecule has 0 aliphatic carbocycles. The van der Waals surface area contributed by atoms with Crippen molar-refractivity contribution in [2.75, 3.05) is 6.54 Å². The number of amides is 2. The zero-order chi connectivity index (χ0) is 18.5. The Bertz CT molecular complexity index is 932. The predicted molar refractivity (Wildman–Crippen MR) is 99.3 cm³/mol. The van der Waals surface area contributed by atoms with Gasteiger partial charge in [-0.25, -0.2) is 4.98 Å². The van der Waals surface area contributed by atoms with Gasteiger partial charge in [0.25, 0.3) is 5.91 Å². The van der Waals surface area contributed by atoms with Gasteiger partial charge in [0, 0.05) is 17.8 Å². The number of hydrogen-bond acceptors (Lipinski definition) is 3. The molecule has 0 bridgehead atoms. The molecular formula is C20H20N4O2. The van der Waals surface area contributed by atoms with Crippen LogP contribution in [-0.4, -0.2) is 27.9 Å². The van der Waals surface area contributed by atoms with E-state index >= 15 is 0 Å². The van der Waals surface area contributed by atoms with Crippen LogP contribution in [0.3, 0.4) is 0 Å². The van der Waals surface area contributed by atoms with Gasteiger partial charge in [-0.15, -0.1) is 0 Å². The first-order chi connectivity index (χ1) is 12.6. The molecule has 0 unspecified atom stereocenters. The Kier molecular flexibility index (Phi) is 5.12. The summed E-state index contributed by atoms with van der Waals surface area (Å²) in [4.78, 5) is 28.1. The van der Waals surface area contributed by atoms with Gasteiger partial charge >= 0.3 is 0 Å². The highest BCUT2D eigenvalue weighted by molar-refractivity contribution is 5.93. The predicted octanol–water partition coefficient (Wildman–Crippen LogP) is 2.25. The number of carbonyl (C=O) groups excluding carboxylic acids is 2. The quantitative estimate of drug-likeness (QED) is 0.716. The number of nitrogens with zero attached hydrogens (tertiary/aromatic N) is 2. The highest BCUT2D eigenvalue weighted by Crippen LogP contribution is 2.14. The fourth-order valence-corrected chi connectivity index (χ4v) is 2.80. The Morgan fingerprint density at radius 1 is 1.12 bits per heavy atom. The van der Waals surface area contributed by atoms with Crippen LogP contribution in [0.15, 0.2) is 60.8 Å². The van der Waals surface area contributed by atoms with Gasteiger partial charge < -0.3 is 11.1 Å². The highest BCUT2D eigenvalue weighted by atomic mass is 16.2. The van der Waals surface area contributed by atoms with E-state index < -0.39 is 5.91 Å². The van der Waals surface area contributed by atoms with Gasteiger partial charge in [0.1, 0.15) is 11.5 Å². The van der Waals surface area contributed by atoms with Crippen molar-refractivity contribution < 1.29 is 9.59 Å². The molecule has 26 heavy (non-hydrogen) atoms. The minimum absolute atomic E-state index is 0.194. The molecule has 3 N–H and O–H groups in total. The molecule has 0 aliphatic heterocycles. The maximum absolute atomic E-state index is 12.6. The van der Waals surface area contributed by atoms with Crippen LogP contribution < -0.4 is 11.1 Å². The van der Waals surface area contributed by atoms with E-state index in [4.69, 9.17) is 5.73 Å². The van der Waals surface area contributed by atoms with Crippen LogP contribution in [0.4, 0.5) is 0 Å². The minimum atomic E-state index is -0.460. The smallest absolute Gasteiger partial charge is 0.269 e. The number of para-hydroxylation sites is 1. The van der Waals surface area contributed by atoms with Crippen molar-refractivity contribution in [3.05, 3.63) is 83.4 Å². The van der Waals surface area contributed by atoms with E-state index in [0.717, 1.165) is 17.1 Å². The summed E-state index contributed by atoms with van der Waals surface area (Å²) in [7, 11) is 0. The molecule has 0 aliphatic rings. The van der Waals surface area contributed by atoms with Crippen LogP contribution >= 0.6 is 0 Å². The van der Waals surface area contributed by atoms with Gasteiger partial charge in [0.15, 0.2) is 0 Å². The topological polar surface area (TPSA) is 90.0 Å². The van der Waals surface area contributed by atoms with Crippen molar-refractivity contribution in [3.63, 3.8) is 0 Å². The van der Waals surface area contributed by atoms with Gasteiger partial charge in [0.05, 0.1) is 6.20 Å². The Hall–Kier alpha value is -3.41. The van der Waals surface area contributed by atoms with Crippen LogP contribution in [0.1, 0.15) is 32.2 Å². The maximum atomic E-state index is 12.6. The second-order valence-corrected chi connectivity index (χ2v) is 5.93. The standard InChI is InChI=1S/C20H20N4O2/c1-14-23-13-18(24(14)17-8-3-2-4-9-17)20(26)22-11-10-15-6-5-7-16(12-15)19(21)25/h2-9,12-13H,10-11H2,1H3,(H2,21,25)(H,22,26). The Morgan fingerprint density at radius 3 is 2.62 bits per heavy atom. The van der Waals surface area contributed by atoms with Crippen LogP contribution in [-0.2, 0) is 6.42 Å². The lowest BCUT2D eigenvalue weighted by molar-refractivity contribution is 0.0945. The molecule has 0 fully saturated rings. The first-order valence-corrected chi connectivity index (χ1v) is 8.33. The number of benzene rings is 2. The van der Waals surface area contributed by atoms with E-state index in [1.165, 1.54) is 0 Å². The molecule has 3 rings (SSSR count). The molecule has 0 saturated carbocycles. The molecule has 1 aromatic heterocycles. The van der Waals surface area contributed by atoms with E-state index in [1.807, 2.05) is 47.9 Å². The number of rotatable bonds is 6. The fourth-order valence-electron chi connectivity index (χ4n) is 2.80. The zero-order valence-corrected chi connectivity index (χ0v) is 14.5. The number of carbonyl (C=O) groups is 2. The monoisotopic (exact) mass is 348 g/mol. The van der Waals surface area contributed by atoms with Crippen molar-refractivity contribution in [3.8, 4) is 5.69 Å². The third-order valence-electron chi connectivity index (χ3n) is 4.10. The number of aryl methyl sites for hydroxylation is 1. The summed E-state index contributed by atoms with van der Waals surface area (Å²) in [6.07, 6.45) is 2.18. The van der Waals surface area contributed by atoms with E-state index in [-0.39, 0.29) is 5.91 Å². The molecule has 2 amide bonds. The Balaban J connectivity index is 1.68. The van der Waals surface area contributed by atoms with Gasteiger partial charge in [-0.3, -0.25) is 14.2 Å². The SMILES string of the molecule is Cc1ncc(C(=O)NCCc2cccc(C(N)=O)c2)n1-c1ccccc1. The number of aromatic nitrogens is 2. The maximum Gasteiger partial charge on any atom is 0.269 e. The summed E-state index contributed by atoms with van der Waals surface area (Å²) in [5.41, 5.74) is 8.07. The second kappa shape index (κ2) is 7.65.